The van der Waals surface area contributed by atoms with Crippen molar-refractivity contribution in [3.8, 4) is 5.75 Å². The molecule has 3 N–H and O–H groups in total. The highest BCUT2D eigenvalue weighted by Crippen LogP contribution is 2.29. The van der Waals surface area contributed by atoms with Crippen LogP contribution in [0, 0.1) is 0 Å². The first kappa shape index (κ1) is 20.7. The quantitative estimate of drug-likeness (QED) is 0.657. The number of anilines is 2. The highest BCUT2D eigenvalue weighted by molar-refractivity contribution is 6.35. The number of carbonyl (C=O) groups excluding carboxylic acids is 2. The fraction of sp³-hybridized carbons (Fsp3) is 0.125. The number of benzene rings is 2. The summed E-state index contributed by atoms with van der Waals surface area (Å²) in [5.41, 5.74) is 0.0333. The van der Waals surface area contributed by atoms with Gasteiger partial charge in [-0.3, -0.25) is 4.79 Å². The van der Waals surface area contributed by atoms with Crippen molar-refractivity contribution in [1.82, 2.24) is 5.32 Å². The van der Waals surface area contributed by atoms with Crippen LogP contribution in [0.1, 0.15) is 0 Å². The van der Waals surface area contributed by atoms with E-state index in [1.54, 1.807) is 0 Å². The van der Waals surface area contributed by atoms with Crippen molar-refractivity contribution >= 4 is 46.5 Å². The lowest BCUT2D eigenvalue weighted by Gasteiger charge is -2.14. The van der Waals surface area contributed by atoms with Crippen molar-refractivity contribution in [2.45, 2.75) is 6.36 Å². The topological polar surface area (TPSA) is 79.5 Å². The molecular weight excluding hydrogens is 410 g/mol. The van der Waals surface area contributed by atoms with E-state index in [9.17, 15) is 22.8 Å². The van der Waals surface area contributed by atoms with Gasteiger partial charge in [-0.2, -0.15) is 0 Å². The predicted molar refractivity (Wildman–Crippen MR) is 95.2 cm³/mol. The van der Waals surface area contributed by atoms with Crippen molar-refractivity contribution in [3.63, 3.8) is 0 Å². The zero-order chi connectivity index (χ0) is 20.0. The Hall–Kier alpha value is -2.65. The van der Waals surface area contributed by atoms with E-state index in [1.807, 2.05) is 0 Å². The molecule has 0 aliphatic carbocycles. The van der Waals surface area contributed by atoms with E-state index >= 15 is 0 Å². The average molecular weight is 422 g/mol. The molecule has 0 radical (unpaired) electrons. The van der Waals surface area contributed by atoms with Gasteiger partial charge in [-0.25, -0.2) is 4.79 Å². The predicted octanol–water partition coefficient (Wildman–Crippen LogP) is 4.65. The van der Waals surface area contributed by atoms with Crippen molar-refractivity contribution < 1.29 is 27.5 Å². The Morgan fingerprint density at radius 3 is 2.41 bits per heavy atom. The van der Waals surface area contributed by atoms with Gasteiger partial charge in [0.25, 0.3) is 0 Å². The van der Waals surface area contributed by atoms with Crippen LogP contribution < -0.4 is 20.7 Å². The highest BCUT2D eigenvalue weighted by atomic mass is 35.5. The smallest absolute Gasteiger partial charge is 0.404 e. The van der Waals surface area contributed by atoms with E-state index in [0.29, 0.717) is 5.02 Å². The maximum absolute atomic E-state index is 12.4. The summed E-state index contributed by atoms with van der Waals surface area (Å²) in [6.45, 7) is -0.461. The summed E-state index contributed by atoms with van der Waals surface area (Å²) in [7, 11) is 0. The van der Waals surface area contributed by atoms with Crippen LogP contribution in [-0.4, -0.2) is 24.8 Å². The minimum absolute atomic E-state index is 0.217. The first-order valence-corrected chi connectivity index (χ1v) is 8.04. The Bertz CT molecular complexity index is 847. The number of carbonyl (C=O) groups is 2. The van der Waals surface area contributed by atoms with Gasteiger partial charge in [-0.15, -0.1) is 13.2 Å². The minimum atomic E-state index is -4.91. The van der Waals surface area contributed by atoms with Crippen LogP contribution in [0.25, 0.3) is 0 Å². The molecule has 2 rings (SSSR count). The average Bonchev–Trinajstić information content (AvgIpc) is 2.57. The number of rotatable bonds is 5. The number of amides is 3. The summed E-state index contributed by atoms with van der Waals surface area (Å²) in [5, 5.41) is 7.41. The molecule has 0 saturated heterocycles. The van der Waals surface area contributed by atoms with Crippen LogP contribution in [0.4, 0.5) is 29.3 Å². The number of halogens is 5. The van der Waals surface area contributed by atoms with Crippen LogP contribution in [0.15, 0.2) is 42.5 Å². The SMILES string of the molecule is O=C(CNC(=O)Nc1ccccc1OC(F)(F)F)Nc1cc(Cl)ccc1Cl. The van der Waals surface area contributed by atoms with Crippen molar-refractivity contribution in [1.29, 1.82) is 0 Å². The molecular formula is C16H12Cl2F3N3O3. The van der Waals surface area contributed by atoms with E-state index < -0.39 is 30.6 Å². The van der Waals surface area contributed by atoms with Crippen LogP contribution in [0.2, 0.25) is 10.0 Å². The molecule has 0 aliphatic heterocycles. The lowest BCUT2D eigenvalue weighted by Crippen LogP contribution is -2.36. The number of alkyl halides is 3. The lowest BCUT2D eigenvalue weighted by molar-refractivity contribution is -0.274. The normalized spacial score (nSPS) is 10.9. The molecule has 6 nitrogen and oxygen atoms in total. The summed E-state index contributed by atoms with van der Waals surface area (Å²) in [4.78, 5) is 23.7. The van der Waals surface area contributed by atoms with E-state index in [2.05, 4.69) is 20.7 Å². The third-order valence-corrected chi connectivity index (χ3v) is 3.54. The molecule has 0 aliphatic rings. The van der Waals surface area contributed by atoms with Crippen LogP contribution in [-0.2, 0) is 4.79 Å². The van der Waals surface area contributed by atoms with Crippen LogP contribution in [0.5, 0.6) is 5.75 Å². The number of hydrogen-bond acceptors (Lipinski definition) is 3. The van der Waals surface area contributed by atoms with Crippen molar-refractivity contribution in [2.24, 2.45) is 0 Å². The molecule has 0 unspecified atom stereocenters. The Morgan fingerprint density at radius 2 is 1.70 bits per heavy atom. The molecule has 0 heterocycles. The van der Waals surface area contributed by atoms with Gasteiger partial charge in [0.2, 0.25) is 5.91 Å². The number of para-hydroxylation sites is 2. The Balaban J connectivity index is 1.91. The van der Waals surface area contributed by atoms with Gasteiger partial charge < -0.3 is 20.7 Å². The Labute approximate surface area is 161 Å². The number of urea groups is 1. The molecule has 0 atom stereocenters. The number of ether oxygens (including phenoxy) is 1. The van der Waals surface area contributed by atoms with Gasteiger partial charge in [-0.1, -0.05) is 35.3 Å². The molecule has 2 aromatic rings. The van der Waals surface area contributed by atoms with Crippen LogP contribution >= 0.6 is 23.2 Å². The van der Waals surface area contributed by atoms with E-state index in [1.165, 1.54) is 36.4 Å². The summed E-state index contributed by atoms with van der Waals surface area (Å²) < 4.78 is 40.9. The summed E-state index contributed by atoms with van der Waals surface area (Å²) in [5.74, 6) is -1.20. The van der Waals surface area contributed by atoms with E-state index in [-0.39, 0.29) is 16.4 Å². The van der Waals surface area contributed by atoms with Gasteiger partial charge in [0, 0.05) is 5.02 Å². The molecule has 0 fully saturated rings. The molecule has 2 aromatic carbocycles. The van der Waals surface area contributed by atoms with Gasteiger partial charge in [-0.05, 0) is 30.3 Å². The molecule has 3 amide bonds. The molecule has 144 valence electrons. The monoisotopic (exact) mass is 421 g/mol. The zero-order valence-electron chi connectivity index (χ0n) is 13.4. The second-order valence-electron chi connectivity index (χ2n) is 5.02. The largest absolute Gasteiger partial charge is 0.573 e. The number of nitrogens with one attached hydrogen (secondary N) is 3. The lowest BCUT2D eigenvalue weighted by atomic mass is 10.3. The van der Waals surface area contributed by atoms with Crippen LogP contribution in [0.3, 0.4) is 0 Å². The fourth-order valence-corrected chi connectivity index (χ4v) is 2.24. The molecule has 0 bridgehead atoms. The summed E-state index contributed by atoms with van der Waals surface area (Å²) in [6, 6.07) is 8.51. The van der Waals surface area contributed by atoms with Gasteiger partial charge in [0.15, 0.2) is 5.75 Å². The molecule has 11 heteroatoms. The molecule has 0 aromatic heterocycles. The maximum atomic E-state index is 12.4. The second kappa shape index (κ2) is 8.83. The van der Waals surface area contributed by atoms with E-state index in [4.69, 9.17) is 23.2 Å². The Morgan fingerprint density at radius 1 is 1.00 bits per heavy atom. The first-order valence-electron chi connectivity index (χ1n) is 7.28. The van der Waals surface area contributed by atoms with Gasteiger partial charge in [0.05, 0.1) is 22.9 Å². The van der Waals surface area contributed by atoms with Gasteiger partial charge in [0.1, 0.15) is 0 Å². The van der Waals surface area contributed by atoms with Crippen molar-refractivity contribution in [3.05, 3.63) is 52.5 Å². The first-order chi connectivity index (χ1) is 12.6. The highest BCUT2D eigenvalue weighted by Gasteiger charge is 2.32. The fourth-order valence-electron chi connectivity index (χ4n) is 1.90. The second-order valence-corrected chi connectivity index (χ2v) is 5.87. The third-order valence-electron chi connectivity index (χ3n) is 2.97. The standard InChI is InChI=1S/C16H12Cl2F3N3O3/c17-9-5-6-10(18)12(7-9)23-14(25)8-22-15(26)24-11-3-1-2-4-13(11)27-16(19,20)21/h1-7H,8H2,(H,23,25)(H2,22,24,26). The third kappa shape index (κ3) is 6.87. The number of hydrogen-bond donors (Lipinski definition) is 3. The zero-order valence-corrected chi connectivity index (χ0v) is 14.9. The Kier molecular flexibility index (Phi) is 6.75. The van der Waals surface area contributed by atoms with Crippen molar-refractivity contribution in [2.75, 3.05) is 17.2 Å². The molecule has 0 spiro atoms. The molecule has 0 saturated carbocycles. The van der Waals surface area contributed by atoms with Gasteiger partial charge >= 0.3 is 12.4 Å². The summed E-state index contributed by atoms with van der Waals surface area (Å²) in [6.07, 6.45) is -4.91. The maximum Gasteiger partial charge on any atom is 0.573 e. The minimum Gasteiger partial charge on any atom is -0.404 e. The summed E-state index contributed by atoms with van der Waals surface area (Å²) >= 11 is 11.7. The molecule has 27 heavy (non-hydrogen) atoms. The van der Waals surface area contributed by atoms with E-state index in [0.717, 1.165) is 6.07 Å².